The molecule has 4 heterocycles. The molecule has 0 amide bonds. The Bertz CT molecular complexity index is 1160. The van der Waals surface area contributed by atoms with Crippen LogP contribution in [0.1, 0.15) is 24.2 Å². The van der Waals surface area contributed by atoms with Gasteiger partial charge in [0.15, 0.2) is 0 Å². The Morgan fingerprint density at radius 3 is 1.32 bits per heavy atom. The standard InChI is InChI=1S/C26H24N4S8/c27-11-5-15-31-21-22(32-16-6-12-28)36-25(35-21)26-37-23(33-17-9-19-7-1-3-13-29-19)24(38-26)34-18-10-20-8-2-4-14-30-20/h1-4,7-8,13-14H,5-6,9-10,15-18H2. The lowest BCUT2D eigenvalue weighted by Crippen LogP contribution is -1.92. The Balaban J connectivity index is 1.43. The van der Waals surface area contributed by atoms with Crippen molar-refractivity contribution in [2.24, 2.45) is 0 Å². The molecule has 4 nitrogen and oxygen atoms in total. The summed E-state index contributed by atoms with van der Waals surface area (Å²) in [7, 11) is 0. The molecule has 0 bridgehead atoms. The number of rotatable bonds is 14. The van der Waals surface area contributed by atoms with Gasteiger partial charge in [-0.2, -0.15) is 10.5 Å². The first-order valence-corrected chi connectivity index (χ1v) is 19.0. The van der Waals surface area contributed by atoms with Crippen molar-refractivity contribution >= 4 is 94.1 Å². The van der Waals surface area contributed by atoms with Gasteiger partial charge in [-0.1, -0.05) is 59.2 Å². The molecule has 2 aromatic rings. The van der Waals surface area contributed by atoms with Gasteiger partial charge in [0.25, 0.3) is 0 Å². The van der Waals surface area contributed by atoms with Crippen LogP contribution in [0.4, 0.5) is 0 Å². The number of aromatic nitrogens is 2. The largest absolute Gasteiger partial charge is 0.261 e. The van der Waals surface area contributed by atoms with Crippen molar-refractivity contribution in [2.75, 3.05) is 23.0 Å². The van der Waals surface area contributed by atoms with Crippen LogP contribution in [0.25, 0.3) is 0 Å². The van der Waals surface area contributed by atoms with Crippen molar-refractivity contribution < 1.29 is 0 Å². The maximum absolute atomic E-state index is 8.98. The summed E-state index contributed by atoms with van der Waals surface area (Å²) in [5, 5.41) is 18.0. The minimum absolute atomic E-state index is 0.542. The summed E-state index contributed by atoms with van der Waals surface area (Å²) in [6, 6.07) is 16.7. The molecule has 2 aliphatic rings. The zero-order chi connectivity index (χ0) is 26.4. The average molecular weight is 649 g/mol. The number of nitrogens with zero attached hydrogens (tertiary/aromatic N) is 4. The number of thioether (sulfide) groups is 8. The van der Waals surface area contributed by atoms with Crippen LogP contribution >= 0.6 is 94.1 Å². The second kappa shape index (κ2) is 17.2. The molecule has 38 heavy (non-hydrogen) atoms. The topological polar surface area (TPSA) is 73.4 Å². The molecule has 4 rings (SSSR count). The highest BCUT2D eigenvalue weighted by Gasteiger charge is 2.30. The molecule has 0 saturated carbocycles. The molecule has 0 radical (unpaired) electrons. The first-order valence-electron chi connectivity index (χ1n) is 11.8. The Hall–Kier alpha value is -0.700. The third kappa shape index (κ3) is 9.74. The number of aryl methyl sites for hydroxylation is 2. The van der Waals surface area contributed by atoms with Crippen molar-refractivity contribution in [3.8, 4) is 12.1 Å². The third-order valence-corrected chi connectivity index (χ3v) is 16.3. The fourth-order valence-electron chi connectivity index (χ4n) is 3.03. The van der Waals surface area contributed by atoms with Gasteiger partial charge in [0.2, 0.25) is 0 Å². The predicted molar refractivity (Wildman–Crippen MR) is 178 cm³/mol. The van der Waals surface area contributed by atoms with Gasteiger partial charge < -0.3 is 0 Å². The number of pyridine rings is 2. The Kier molecular flexibility index (Phi) is 13.7. The van der Waals surface area contributed by atoms with E-state index in [1.807, 2.05) is 107 Å². The van der Waals surface area contributed by atoms with Gasteiger partial charge in [0, 0.05) is 59.6 Å². The van der Waals surface area contributed by atoms with E-state index in [1.54, 1.807) is 23.5 Å². The highest BCUT2D eigenvalue weighted by atomic mass is 32.3. The molecule has 0 N–H and O–H groups in total. The van der Waals surface area contributed by atoms with Gasteiger partial charge in [-0.05, 0) is 37.1 Å². The predicted octanol–water partition coefficient (Wildman–Crippen LogP) is 9.36. The van der Waals surface area contributed by atoms with Crippen molar-refractivity contribution in [3.63, 3.8) is 0 Å². The molecule has 196 valence electrons. The monoisotopic (exact) mass is 648 g/mol. The van der Waals surface area contributed by atoms with Crippen molar-refractivity contribution in [2.45, 2.75) is 25.7 Å². The fourth-order valence-corrected chi connectivity index (χ4v) is 14.9. The van der Waals surface area contributed by atoms with Gasteiger partial charge in [-0.15, -0.1) is 47.0 Å². The first-order chi connectivity index (χ1) is 18.8. The molecular weight excluding hydrogens is 625 g/mol. The second-order valence-corrected chi connectivity index (χ2v) is 17.5. The Morgan fingerprint density at radius 2 is 0.974 bits per heavy atom. The van der Waals surface area contributed by atoms with Gasteiger partial charge in [-0.3, -0.25) is 9.97 Å². The summed E-state index contributed by atoms with van der Waals surface area (Å²) >= 11 is 14.8. The molecular formula is C26H24N4S8. The Morgan fingerprint density at radius 1 is 0.579 bits per heavy atom. The van der Waals surface area contributed by atoms with E-state index < -0.39 is 0 Å². The molecule has 2 aromatic heterocycles. The molecule has 0 fully saturated rings. The zero-order valence-electron chi connectivity index (χ0n) is 20.3. The van der Waals surface area contributed by atoms with Crippen LogP contribution in [0.3, 0.4) is 0 Å². The van der Waals surface area contributed by atoms with E-state index in [-0.39, 0.29) is 0 Å². The van der Waals surface area contributed by atoms with Crippen molar-refractivity contribution in [1.82, 2.24) is 9.97 Å². The van der Waals surface area contributed by atoms with E-state index in [0.29, 0.717) is 12.8 Å². The van der Waals surface area contributed by atoms with E-state index in [9.17, 15) is 0 Å². The van der Waals surface area contributed by atoms with E-state index in [4.69, 9.17) is 10.5 Å². The Labute approximate surface area is 258 Å². The fraction of sp³-hybridized carbons (Fsp3) is 0.308. The number of nitriles is 2. The van der Waals surface area contributed by atoms with Crippen LogP contribution in [-0.2, 0) is 12.8 Å². The zero-order valence-corrected chi connectivity index (χ0v) is 26.9. The van der Waals surface area contributed by atoms with Crippen LogP contribution in [0.5, 0.6) is 0 Å². The highest BCUT2D eigenvalue weighted by molar-refractivity contribution is 8.45. The first kappa shape index (κ1) is 30.3. The summed E-state index contributed by atoms with van der Waals surface area (Å²) in [5.41, 5.74) is 2.26. The maximum Gasteiger partial charge on any atom is 0.0717 e. The van der Waals surface area contributed by atoms with E-state index in [1.165, 1.54) is 25.4 Å². The van der Waals surface area contributed by atoms with Gasteiger partial charge in [0.1, 0.15) is 0 Å². The average Bonchev–Trinajstić information content (AvgIpc) is 3.54. The lowest BCUT2D eigenvalue weighted by molar-refractivity contribution is 1.05. The van der Waals surface area contributed by atoms with E-state index in [2.05, 4.69) is 34.2 Å². The summed E-state index contributed by atoms with van der Waals surface area (Å²) in [6.45, 7) is 0. The molecule has 0 atom stereocenters. The number of hydrogen-bond acceptors (Lipinski definition) is 12. The lowest BCUT2D eigenvalue weighted by Gasteiger charge is -2.05. The van der Waals surface area contributed by atoms with Crippen LogP contribution < -0.4 is 0 Å². The van der Waals surface area contributed by atoms with E-state index in [0.717, 1.165) is 47.2 Å². The van der Waals surface area contributed by atoms with Crippen LogP contribution in [0.2, 0.25) is 0 Å². The summed E-state index contributed by atoms with van der Waals surface area (Å²) < 4.78 is 7.97. The van der Waals surface area contributed by atoms with Gasteiger partial charge in [-0.25, -0.2) is 0 Å². The summed E-state index contributed by atoms with van der Waals surface area (Å²) in [5.74, 6) is 3.59. The minimum atomic E-state index is 0.542. The summed E-state index contributed by atoms with van der Waals surface area (Å²) in [4.78, 5) is 8.96. The van der Waals surface area contributed by atoms with Crippen LogP contribution in [0.15, 0.2) is 74.2 Å². The summed E-state index contributed by atoms with van der Waals surface area (Å²) in [6.07, 6.45) is 6.70. The van der Waals surface area contributed by atoms with Crippen LogP contribution in [0, 0.1) is 22.7 Å². The van der Waals surface area contributed by atoms with Gasteiger partial charge >= 0.3 is 0 Å². The molecule has 0 aromatic carbocycles. The molecule has 0 saturated heterocycles. The molecule has 2 aliphatic heterocycles. The number of hydrogen-bond donors (Lipinski definition) is 0. The van der Waals surface area contributed by atoms with Gasteiger partial charge in [0.05, 0.1) is 37.6 Å². The highest BCUT2D eigenvalue weighted by Crippen LogP contribution is 2.66. The molecule has 0 spiro atoms. The third-order valence-electron chi connectivity index (χ3n) is 4.77. The normalized spacial score (nSPS) is 15.3. The van der Waals surface area contributed by atoms with Crippen LogP contribution in [-0.4, -0.2) is 33.0 Å². The minimum Gasteiger partial charge on any atom is -0.261 e. The maximum atomic E-state index is 8.98. The smallest absolute Gasteiger partial charge is 0.0717 e. The van der Waals surface area contributed by atoms with E-state index >= 15 is 0 Å². The molecule has 0 aliphatic carbocycles. The lowest BCUT2D eigenvalue weighted by atomic mass is 10.3. The molecule has 12 heteroatoms. The SMILES string of the molecule is N#CCCSC1=C(SCCC#N)SC(=C2SC(SCCc3ccccn3)=C(SCCc3ccccn3)S2)S1. The quantitative estimate of drug-likeness (QED) is 0.183. The molecule has 0 unspecified atom stereocenters. The van der Waals surface area contributed by atoms with Crippen molar-refractivity contribution in [3.05, 3.63) is 85.6 Å². The van der Waals surface area contributed by atoms with Crippen molar-refractivity contribution in [1.29, 1.82) is 10.5 Å². The second-order valence-electron chi connectivity index (χ2n) is 7.49.